The highest BCUT2D eigenvalue weighted by Crippen LogP contribution is 2.31. The number of benzene rings is 1. The maximum atomic E-state index is 11.3. The zero-order valence-electron chi connectivity index (χ0n) is 18.3. The van der Waals surface area contributed by atoms with Gasteiger partial charge < -0.3 is 15.5 Å². The van der Waals surface area contributed by atoms with Gasteiger partial charge in [-0.3, -0.25) is 4.79 Å². The molecule has 0 radical (unpaired) electrons. The molecule has 1 aromatic rings. The van der Waals surface area contributed by atoms with E-state index < -0.39 is 0 Å². The van der Waals surface area contributed by atoms with Crippen LogP contribution in [-0.2, 0) is 4.79 Å². The first-order valence-corrected chi connectivity index (χ1v) is 10.4. The lowest BCUT2D eigenvalue weighted by molar-refractivity contribution is -0.119. The largest absolute Gasteiger partial charge is 0.371 e. The van der Waals surface area contributed by atoms with Crippen LogP contribution in [0.15, 0.2) is 37.1 Å². The third-order valence-electron chi connectivity index (χ3n) is 5.43. The Kier molecular flexibility index (Phi) is 7.79. The number of nitrogens with one attached hydrogen (secondary N) is 2. The molecule has 1 amide bonds. The summed E-state index contributed by atoms with van der Waals surface area (Å²) in [5, 5.41) is 6.29. The lowest BCUT2D eigenvalue weighted by Crippen LogP contribution is -2.35. The Morgan fingerprint density at radius 3 is 2.68 bits per heavy atom. The smallest absolute Gasteiger partial charge is 0.217 e. The predicted molar refractivity (Wildman–Crippen MR) is 123 cm³/mol. The van der Waals surface area contributed by atoms with Crippen LogP contribution in [-0.4, -0.2) is 37.8 Å². The lowest BCUT2D eigenvalue weighted by Gasteiger charge is -2.37. The average Bonchev–Trinajstić information content (AvgIpc) is 2.61. The Bertz CT molecular complexity index is 729. The van der Waals surface area contributed by atoms with E-state index >= 15 is 0 Å². The maximum absolute atomic E-state index is 11.3. The van der Waals surface area contributed by atoms with Crippen LogP contribution in [0.4, 0.5) is 5.69 Å². The van der Waals surface area contributed by atoms with E-state index in [0.29, 0.717) is 0 Å². The van der Waals surface area contributed by atoms with Gasteiger partial charge in [0.2, 0.25) is 5.91 Å². The van der Waals surface area contributed by atoms with Crippen LogP contribution in [0.5, 0.6) is 0 Å². The Morgan fingerprint density at radius 2 is 2.04 bits per heavy atom. The van der Waals surface area contributed by atoms with Crippen molar-refractivity contribution in [1.82, 2.24) is 10.2 Å². The van der Waals surface area contributed by atoms with Gasteiger partial charge in [-0.25, -0.2) is 0 Å². The number of rotatable bonds is 8. The Hall–Kier alpha value is -2.17. The van der Waals surface area contributed by atoms with Gasteiger partial charge in [0.25, 0.3) is 0 Å². The van der Waals surface area contributed by atoms with Crippen molar-refractivity contribution in [2.75, 3.05) is 18.4 Å². The lowest BCUT2D eigenvalue weighted by atomic mass is 9.88. The molecule has 2 unspecified atom stereocenters. The summed E-state index contributed by atoms with van der Waals surface area (Å²) < 4.78 is 0. The summed E-state index contributed by atoms with van der Waals surface area (Å²) in [7, 11) is 2.10. The van der Waals surface area contributed by atoms with Crippen LogP contribution in [0, 0.1) is 11.8 Å². The number of carbonyl (C=O) groups is 1. The van der Waals surface area contributed by atoms with E-state index in [2.05, 4.69) is 68.6 Å². The highest BCUT2D eigenvalue weighted by atomic mass is 16.1. The molecular formula is C23H36BN3O. The molecule has 0 aliphatic carbocycles. The van der Waals surface area contributed by atoms with Gasteiger partial charge in [0.05, 0.1) is 6.04 Å². The summed E-state index contributed by atoms with van der Waals surface area (Å²) in [4.78, 5) is 13.8. The molecule has 0 spiro atoms. The van der Waals surface area contributed by atoms with Crippen LogP contribution >= 0.6 is 0 Å². The van der Waals surface area contributed by atoms with Gasteiger partial charge in [-0.1, -0.05) is 44.6 Å². The fourth-order valence-electron chi connectivity index (χ4n) is 4.02. The van der Waals surface area contributed by atoms with Gasteiger partial charge in [-0.2, -0.15) is 0 Å². The molecular weight excluding hydrogens is 345 g/mol. The third-order valence-corrected chi connectivity index (χ3v) is 5.43. The maximum Gasteiger partial charge on any atom is 0.217 e. The van der Waals surface area contributed by atoms with Crippen LogP contribution in [0.2, 0.25) is 0 Å². The first-order chi connectivity index (χ1) is 13.2. The second-order valence-corrected chi connectivity index (χ2v) is 8.65. The second kappa shape index (κ2) is 9.86. The number of likely N-dealkylation sites (tertiary alicyclic amines) is 1. The van der Waals surface area contributed by atoms with Crippen LogP contribution in [0.25, 0.3) is 5.70 Å². The number of nitrogens with zero attached hydrogens (tertiary/aromatic N) is 1. The molecule has 1 aliphatic heterocycles. The van der Waals surface area contributed by atoms with Crippen molar-refractivity contribution < 1.29 is 4.79 Å². The second-order valence-electron chi connectivity index (χ2n) is 8.65. The minimum atomic E-state index is -0.148. The molecule has 1 aliphatic rings. The average molecular weight is 381 g/mol. The topological polar surface area (TPSA) is 44.4 Å². The van der Waals surface area contributed by atoms with E-state index in [-0.39, 0.29) is 11.9 Å². The van der Waals surface area contributed by atoms with E-state index in [1.807, 2.05) is 6.92 Å². The highest BCUT2D eigenvalue weighted by Gasteiger charge is 2.23. The van der Waals surface area contributed by atoms with Crippen molar-refractivity contribution in [3.63, 3.8) is 0 Å². The number of piperidine rings is 1. The molecule has 1 fully saturated rings. The van der Waals surface area contributed by atoms with Gasteiger partial charge in [0.15, 0.2) is 0 Å². The van der Waals surface area contributed by atoms with Gasteiger partial charge in [-0.05, 0) is 44.1 Å². The highest BCUT2D eigenvalue weighted by molar-refractivity contribution is 6.32. The molecule has 1 aromatic carbocycles. The van der Waals surface area contributed by atoms with Crippen LogP contribution in [0.3, 0.4) is 0 Å². The Balaban J connectivity index is 2.17. The van der Waals surface area contributed by atoms with E-state index in [1.54, 1.807) is 0 Å². The zero-order chi connectivity index (χ0) is 20.8. The van der Waals surface area contributed by atoms with Crippen molar-refractivity contribution in [3.8, 4) is 0 Å². The minimum Gasteiger partial charge on any atom is -0.371 e. The monoisotopic (exact) mass is 381 g/mol. The molecule has 152 valence electrons. The molecule has 1 saturated heterocycles. The van der Waals surface area contributed by atoms with Gasteiger partial charge in [0, 0.05) is 42.7 Å². The summed E-state index contributed by atoms with van der Waals surface area (Å²) in [6.45, 7) is 18.8. The Labute approximate surface area is 171 Å². The van der Waals surface area contributed by atoms with Crippen molar-refractivity contribution in [2.24, 2.45) is 11.8 Å². The summed E-state index contributed by atoms with van der Waals surface area (Å²) in [5.74, 6) is 1.41. The number of hydrogen-bond donors (Lipinski definition) is 2. The van der Waals surface area contributed by atoms with E-state index in [9.17, 15) is 4.79 Å². The molecule has 2 N–H and O–H groups in total. The molecule has 0 bridgehead atoms. The van der Waals surface area contributed by atoms with Gasteiger partial charge in [-0.15, -0.1) is 0 Å². The third kappa shape index (κ3) is 6.18. The summed E-state index contributed by atoms with van der Waals surface area (Å²) in [6, 6.07) is 6.21. The van der Waals surface area contributed by atoms with Crippen molar-refractivity contribution >= 4 is 30.6 Å². The molecule has 28 heavy (non-hydrogen) atoms. The normalized spacial score (nSPS) is 17.9. The van der Waals surface area contributed by atoms with Gasteiger partial charge >= 0.3 is 0 Å². The van der Waals surface area contributed by atoms with Crippen molar-refractivity contribution in [1.29, 1.82) is 0 Å². The first kappa shape index (κ1) is 22.1. The number of anilines is 1. The van der Waals surface area contributed by atoms with E-state index in [0.717, 1.165) is 47.6 Å². The van der Waals surface area contributed by atoms with E-state index in [1.165, 1.54) is 31.6 Å². The van der Waals surface area contributed by atoms with E-state index in [4.69, 9.17) is 0 Å². The van der Waals surface area contributed by atoms with Crippen molar-refractivity contribution in [3.05, 3.63) is 42.6 Å². The molecule has 5 heteroatoms. The molecule has 0 aromatic heterocycles. The molecule has 4 nitrogen and oxygen atoms in total. The minimum absolute atomic E-state index is 0.0616. The fraction of sp³-hybridized carbons (Fsp3) is 0.522. The summed E-state index contributed by atoms with van der Waals surface area (Å²) in [5.41, 5.74) is 5.15. The standard InChI is InChI=1S/C23H36BN3O/c1-15(2)12-20-8-7-11-27(14-20)18(5)22-13-21(24)9-10-23(22)26-17(4)16(3)25-19(6)28/h9-10,13,15-16,20,26H,4-5,7-8,11-12,14,24H2,1-3,6H3,(H,25,28). The fourth-order valence-corrected chi connectivity index (χ4v) is 4.02. The van der Waals surface area contributed by atoms with Crippen LogP contribution < -0.4 is 16.1 Å². The Morgan fingerprint density at radius 1 is 1.32 bits per heavy atom. The van der Waals surface area contributed by atoms with Crippen LogP contribution in [0.1, 0.15) is 52.5 Å². The SMILES string of the molecule is Bc1ccc(NC(=C)C(C)NC(C)=O)c(C(=C)N2CCCC(CC(C)C)C2)c1. The molecule has 2 atom stereocenters. The number of hydrogen-bond acceptors (Lipinski definition) is 3. The van der Waals surface area contributed by atoms with Gasteiger partial charge in [0.1, 0.15) is 7.85 Å². The first-order valence-electron chi connectivity index (χ1n) is 10.4. The summed E-state index contributed by atoms with van der Waals surface area (Å²) >= 11 is 0. The zero-order valence-corrected chi connectivity index (χ0v) is 18.3. The molecule has 2 rings (SSSR count). The molecule has 0 saturated carbocycles. The summed E-state index contributed by atoms with van der Waals surface area (Å²) in [6.07, 6.45) is 3.80. The predicted octanol–water partition coefficient (Wildman–Crippen LogP) is 3.12. The number of amides is 1. The quantitative estimate of drug-likeness (QED) is 0.680. The van der Waals surface area contributed by atoms with Crippen molar-refractivity contribution in [2.45, 2.75) is 53.0 Å². The number of carbonyl (C=O) groups excluding carboxylic acids is 1. The molecule has 1 heterocycles.